The number of sulfonamides is 1. The van der Waals surface area contributed by atoms with Crippen LogP contribution in [0.1, 0.15) is 18.2 Å². The summed E-state index contributed by atoms with van der Waals surface area (Å²) in [4.78, 5) is 11.8. The topological polar surface area (TPSA) is 100 Å². The number of urea groups is 1. The van der Waals surface area contributed by atoms with E-state index in [2.05, 4.69) is 15.4 Å². The molecule has 0 aliphatic rings. The van der Waals surface area contributed by atoms with E-state index in [9.17, 15) is 13.2 Å². The minimum absolute atomic E-state index is 0.00161. The second-order valence-corrected chi connectivity index (χ2v) is 6.93. The first-order valence-corrected chi connectivity index (χ1v) is 8.73. The lowest BCUT2D eigenvalue weighted by molar-refractivity contribution is 0.251. The first kappa shape index (κ1) is 16.9. The number of hydrogen-bond donors (Lipinski definition) is 3. The Kier molecular flexibility index (Phi) is 5.28. The molecule has 0 aliphatic carbocycles. The second-order valence-electron chi connectivity index (χ2n) is 4.92. The SMILES string of the molecule is CCS(=O)(=O)Nc1ccc(NC(=O)NCc2ccco2)cc1C. The Labute approximate surface area is 135 Å². The molecule has 124 valence electrons. The number of anilines is 2. The minimum Gasteiger partial charge on any atom is -0.467 e. The Morgan fingerprint density at radius 3 is 2.65 bits per heavy atom. The Bertz CT molecular complexity index is 770. The summed E-state index contributed by atoms with van der Waals surface area (Å²) >= 11 is 0. The summed E-state index contributed by atoms with van der Waals surface area (Å²) in [6.45, 7) is 3.61. The van der Waals surface area contributed by atoms with Crippen LogP contribution in [0.15, 0.2) is 41.0 Å². The highest BCUT2D eigenvalue weighted by molar-refractivity contribution is 7.92. The number of aryl methyl sites for hydroxylation is 1. The van der Waals surface area contributed by atoms with E-state index in [1.165, 1.54) is 6.26 Å². The number of carbonyl (C=O) groups excluding carboxylic acids is 1. The summed E-state index contributed by atoms with van der Waals surface area (Å²) in [5.74, 6) is 0.655. The van der Waals surface area contributed by atoms with Gasteiger partial charge in [0.2, 0.25) is 10.0 Å². The molecule has 7 nitrogen and oxygen atoms in total. The molecule has 2 amide bonds. The van der Waals surface area contributed by atoms with Crippen molar-refractivity contribution in [3.05, 3.63) is 47.9 Å². The molecule has 23 heavy (non-hydrogen) atoms. The third kappa shape index (κ3) is 5.03. The fourth-order valence-electron chi connectivity index (χ4n) is 1.85. The van der Waals surface area contributed by atoms with Gasteiger partial charge in [0.05, 0.1) is 24.2 Å². The van der Waals surface area contributed by atoms with Crippen LogP contribution in [0, 0.1) is 6.92 Å². The third-order valence-electron chi connectivity index (χ3n) is 3.13. The lowest BCUT2D eigenvalue weighted by Crippen LogP contribution is -2.28. The van der Waals surface area contributed by atoms with Gasteiger partial charge in [-0.05, 0) is 49.7 Å². The summed E-state index contributed by atoms with van der Waals surface area (Å²) in [5, 5.41) is 5.34. The summed E-state index contributed by atoms with van der Waals surface area (Å²) < 4.78 is 30.8. The van der Waals surface area contributed by atoms with E-state index in [0.29, 0.717) is 22.7 Å². The molecule has 0 spiro atoms. The fraction of sp³-hybridized carbons (Fsp3) is 0.267. The van der Waals surface area contributed by atoms with Crippen molar-refractivity contribution in [2.45, 2.75) is 20.4 Å². The molecule has 0 bridgehead atoms. The van der Waals surface area contributed by atoms with Crippen LogP contribution < -0.4 is 15.4 Å². The van der Waals surface area contributed by atoms with Crippen molar-refractivity contribution >= 4 is 27.4 Å². The molecule has 1 aromatic carbocycles. The summed E-state index contributed by atoms with van der Waals surface area (Å²) in [6.07, 6.45) is 1.54. The average molecular weight is 337 g/mol. The Balaban J connectivity index is 1.96. The number of benzene rings is 1. The molecule has 0 saturated heterocycles. The maximum atomic E-state index is 11.8. The van der Waals surface area contributed by atoms with Crippen LogP contribution in [0.25, 0.3) is 0 Å². The van der Waals surface area contributed by atoms with Crippen LogP contribution in [0.3, 0.4) is 0 Å². The van der Waals surface area contributed by atoms with Crippen molar-refractivity contribution in [3.8, 4) is 0 Å². The monoisotopic (exact) mass is 337 g/mol. The van der Waals surface area contributed by atoms with Crippen molar-refractivity contribution in [1.82, 2.24) is 5.32 Å². The molecule has 0 saturated carbocycles. The predicted octanol–water partition coefficient (Wildman–Crippen LogP) is 2.67. The zero-order valence-corrected chi connectivity index (χ0v) is 13.7. The van der Waals surface area contributed by atoms with Crippen LogP contribution >= 0.6 is 0 Å². The van der Waals surface area contributed by atoms with E-state index in [4.69, 9.17) is 4.42 Å². The molecule has 1 aromatic heterocycles. The number of nitrogens with one attached hydrogen (secondary N) is 3. The molecule has 2 aromatic rings. The average Bonchev–Trinajstić information content (AvgIpc) is 3.01. The lowest BCUT2D eigenvalue weighted by Gasteiger charge is -2.12. The van der Waals surface area contributed by atoms with Crippen LogP contribution in [-0.2, 0) is 16.6 Å². The first-order chi connectivity index (χ1) is 10.9. The Morgan fingerprint density at radius 1 is 1.26 bits per heavy atom. The highest BCUT2D eigenvalue weighted by atomic mass is 32.2. The van der Waals surface area contributed by atoms with Crippen molar-refractivity contribution in [1.29, 1.82) is 0 Å². The number of rotatable bonds is 6. The van der Waals surface area contributed by atoms with Gasteiger partial charge in [0.25, 0.3) is 0 Å². The molecule has 0 radical (unpaired) electrons. The van der Waals surface area contributed by atoms with Crippen molar-refractivity contribution < 1.29 is 17.6 Å². The van der Waals surface area contributed by atoms with E-state index in [1.54, 1.807) is 44.2 Å². The van der Waals surface area contributed by atoms with Gasteiger partial charge >= 0.3 is 6.03 Å². The van der Waals surface area contributed by atoms with Crippen molar-refractivity contribution in [2.24, 2.45) is 0 Å². The molecule has 8 heteroatoms. The summed E-state index contributed by atoms with van der Waals surface area (Å²) in [6, 6.07) is 8.08. The lowest BCUT2D eigenvalue weighted by atomic mass is 10.2. The van der Waals surface area contributed by atoms with Gasteiger partial charge in [-0.2, -0.15) is 0 Å². The van der Waals surface area contributed by atoms with Gasteiger partial charge in [0.1, 0.15) is 5.76 Å². The maximum Gasteiger partial charge on any atom is 0.319 e. The minimum atomic E-state index is -3.32. The van der Waals surface area contributed by atoms with Gasteiger partial charge in [0.15, 0.2) is 0 Å². The summed E-state index contributed by atoms with van der Waals surface area (Å²) in [7, 11) is -3.32. The molecule has 2 rings (SSSR count). The van der Waals surface area contributed by atoms with Crippen LogP contribution in [0.4, 0.5) is 16.2 Å². The van der Waals surface area contributed by atoms with Crippen molar-refractivity contribution in [2.75, 3.05) is 15.8 Å². The second kappa shape index (κ2) is 7.19. The zero-order valence-electron chi connectivity index (χ0n) is 12.9. The zero-order chi connectivity index (χ0) is 16.9. The largest absolute Gasteiger partial charge is 0.467 e. The van der Waals surface area contributed by atoms with E-state index in [-0.39, 0.29) is 18.3 Å². The van der Waals surface area contributed by atoms with E-state index in [0.717, 1.165) is 0 Å². The molecule has 3 N–H and O–H groups in total. The molecular formula is C15H19N3O4S. The van der Waals surface area contributed by atoms with Gasteiger partial charge in [-0.25, -0.2) is 13.2 Å². The number of furan rings is 1. The van der Waals surface area contributed by atoms with Crippen LogP contribution in [-0.4, -0.2) is 20.2 Å². The predicted molar refractivity (Wildman–Crippen MR) is 88.8 cm³/mol. The van der Waals surface area contributed by atoms with E-state index in [1.807, 2.05) is 0 Å². The molecule has 0 unspecified atom stereocenters. The summed E-state index contributed by atoms with van der Waals surface area (Å²) in [5.41, 5.74) is 1.78. The highest BCUT2D eigenvalue weighted by Crippen LogP contribution is 2.20. The number of carbonyl (C=O) groups is 1. The molecule has 1 heterocycles. The molecule has 0 atom stereocenters. The number of amides is 2. The van der Waals surface area contributed by atoms with Crippen LogP contribution in [0.2, 0.25) is 0 Å². The standard InChI is InChI=1S/C15H19N3O4S/c1-3-23(20,21)18-14-7-6-12(9-11(14)2)17-15(19)16-10-13-5-4-8-22-13/h4-9,18H,3,10H2,1-2H3,(H2,16,17,19). The van der Waals surface area contributed by atoms with Crippen molar-refractivity contribution in [3.63, 3.8) is 0 Å². The quantitative estimate of drug-likeness (QED) is 0.754. The normalized spacial score (nSPS) is 11.0. The van der Waals surface area contributed by atoms with E-state index >= 15 is 0 Å². The van der Waals surface area contributed by atoms with Gasteiger partial charge < -0.3 is 15.1 Å². The molecular weight excluding hydrogens is 318 g/mol. The molecule has 0 aliphatic heterocycles. The van der Waals surface area contributed by atoms with Gasteiger partial charge in [-0.15, -0.1) is 0 Å². The first-order valence-electron chi connectivity index (χ1n) is 7.08. The van der Waals surface area contributed by atoms with Crippen LogP contribution in [0.5, 0.6) is 0 Å². The Morgan fingerprint density at radius 2 is 2.04 bits per heavy atom. The third-order valence-corrected chi connectivity index (χ3v) is 4.42. The fourth-order valence-corrected chi connectivity index (χ4v) is 2.56. The number of hydrogen-bond acceptors (Lipinski definition) is 4. The smallest absolute Gasteiger partial charge is 0.319 e. The van der Waals surface area contributed by atoms with Gasteiger partial charge in [-0.3, -0.25) is 4.72 Å². The van der Waals surface area contributed by atoms with Gasteiger partial charge in [0, 0.05) is 5.69 Å². The molecule has 0 fully saturated rings. The maximum absolute atomic E-state index is 11.8. The highest BCUT2D eigenvalue weighted by Gasteiger charge is 2.10. The Hall–Kier alpha value is -2.48. The van der Waals surface area contributed by atoms with E-state index < -0.39 is 10.0 Å². The van der Waals surface area contributed by atoms with Gasteiger partial charge in [-0.1, -0.05) is 0 Å².